The van der Waals surface area contributed by atoms with Crippen LogP contribution in [0.1, 0.15) is 22.8 Å². The lowest BCUT2D eigenvalue weighted by molar-refractivity contribution is 0.0529. The third kappa shape index (κ3) is 3.17. The zero-order valence-electron chi connectivity index (χ0n) is 12.9. The number of carbonyl (C=O) groups is 1. The van der Waals surface area contributed by atoms with Crippen LogP contribution in [-0.4, -0.2) is 22.5 Å². The molecule has 0 radical (unpaired) electrons. The molecule has 0 aliphatic heterocycles. The second-order valence-corrected chi connectivity index (χ2v) is 6.53. The number of fused-ring (bicyclic) bond motifs is 1. The number of thiophene rings is 1. The van der Waals surface area contributed by atoms with Crippen LogP contribution in [0.25, 0.3) is 10.2 Å². The summed E-state index contributed by atoms with van der Waals surface area (Å²) in [6.45, 7) is 3.94. The Bertz CT molecular complexity index is 927. The Hall–Kier alpha value is -1.89. The van der Waals surface area contributed by atoms with Crippen molar-refractivity contribution in [2.45, 2.75) is 13.8 Å². The summed E-state index contributed by atoms with van der Waals surface area (Å²) in [6, 6.07) is 5.51. The highest BCUT2D eigenvalue weighted by Gasteiger charge is 2.20. The van der Waals surface area contributed by atoms with Crippen molar-refractivity contribution < 1.29 is 9.53 Å². The van der Waals surface area contributed by atoms with E-state index in [0.29, 0.717) is 33.2 Å². The molecule has 8 heteroatoms. The number of hydrogen-bond acceptors (Lipinski definition) is 6. The van der Waals surface area contributed by atoms with Crippen LogP contribution in [0, 0.1) is 6.92 Å². The first-order valence-corrected chi connectivity index (χ1v) is 8.78. The van der Waals surface area contributed by atoms with Gasteiger partial charge in [-0.05, 0) is 43.1 Å². The largest absolute Gasteiger partial charge is 0.462 e. The molecule has 0 aliphatic carbocycles. The molecule has 0 spiro atoms. The number of hydrogen-bond donors (Lipinski definition) is 1. The normalized spacial score (nSPS) is 10.8. The number of rotatable bonds is 4. The molecular formula is C16H13Cl2N3O2S. The van der Waals surface area contributed by atoms with Gasteiger partial charge in [0.2, 0.25) is 5.28 Å². The lowest BCUT2D eigenvalue weighted by atomic mass is 10.2. The van der Waals surface area contributed by atoms with Gasteiger partial charge in [-0.15, -0.1) is 11.3 Å². The summed E-state index contributed by atoms with van der Waals surface area (Å²) >= 11 is 13.5. The van der Waals surface area contributed by atoms with Gasteiger partial charge in [-0.25, -0.2) is 9.78 Å². The van der Waals surface area contributed by atoms with Crippen LogP contribution >= 0.6 is 34.5 Å². The average molecular weight is 382 g/mol. The molecule has 0 fully saturated rings. The molecule has 124 valence electrons. The van der Waals surface area contributed by atoms with E-state index in [0.717, 1.165) is 11.3 Å². The Balaban J connectivity index is 2.14. The SMILES string of the molecule is CCOC(=O)c1csc2nc(Cl)nc(Nc3cccc(Cl)c3C)c12. The fourth-order valence-electron chi connectivity index (χ4n) is 2.24. The van der Waals surface area contributed by atoms with Gasteiger partial charge in [0.1, 0.15) is 10.6 Å². The first kappa shape index (κ1) is 17.0. The molecule has 1 N–H and O–H groups in total. The Morgan fingerprint density at radius 2 is 2.12 bits per heavy atom. The molecule has 0 amide bonds. The standard InChI is InChI=1S/C16H13Cl2N3O2S/c1-3-23-15(22)9-7-24-14-12(9)13(20-16(18)21-14)19-11-6-4-5-10(17)8(11)2/h4-7H,3H2,1-2H3,(H,19,20,21). The van der Waals surface area contributed by atoms with E-state index in [1.54, 1.807) is 18.4 Å². The molecule has 0 aliphatic rings. The minimum absolute atomic E-state index is 0.0990. The summed E-state index contributed by atoms with van der Waals surface area (Å²) < 4.78 is 5.10. The molecule has 2 aromatic heterocycles. The quantitative estimate of drug-likeness (QED) is 0.495. The molecule has 3 aromatic rings. The monoisotopic (exact) mass is 381 g/mol. The Labute approximate surface area is 152 Å². The third-order valence-electron chi connectivity index (χ3n) is 3.42. The van der Waals surface area contributed by atoms with Gasteiger partial charge < -0.3 is 10.1 Å². The highest BCUT2D eigenvalue weighted by Crippen LogP contribution is 2.34. The molecule has 0 bridgehead atoms. The summed E-state index contributed by atoms with van der Waals surface area (Å²) in [7, 11) is 0. The maximum absolute atomic E-state index is 12.2. The molecular weight excluding hydrogens is 369 g/mol. The van der Waals surface area contributed by atoms with E-state index in [4.69, 9.17) is 27.9 Å². The second kappa shape index (κ2) is 6.93. The van der Waals surface area contributed by atoms with Gasteiger partial charge in [0, 0.05) is 16.1 Å². The third-order valence-corrected chi connectivity index (χ3v) is 4.87. The average Bonchev–Trinajstić information content (AvgIpc) is 2.96. The number of ether oxygens (including phenoxy) is 1. The number of benzene rings is 1. The van der Waals surface area contributed by atoms with E-state index in [-0.39, 0.29) is 5.28 Å². The summed E-state index contributed by atoms with van der Waals surface area (Å²) in [6.07, 6.45) is 0. The lowest BCUT2D eigenvalue weighted by Crippen LogP contribution is -2.06. The predicted octanol–water partition coefficient (Wildman–Crippen LogP) is 5.23. The summed E-state index contributed by atoms with van der Waals surface area (Å²) in [5.41, 5.74) is 2.06. The molecule has 0 saturated heterocycles. The number of halogens is 2. The van der Waals surface area contributed by atoms with Crippen LogP contribution < -0.4 is 5.32 Å². The Kier molecular flexibility index (Phi) is 4.89. The maximum Gasteiger partial charge on any atom is 0.339 e. The molecule has 3 rings (SSSR count). The van der Waals surface area contributed by atoms with E-state index in [2.05, 4.69) is 15.3 Å². The van der Waals surface area contributed by atoms with Crippen LogP contribution in [0.2, 0.25) is 10.3 Å². The molecule has 5 nitrogen and oxygen atoms in total. The minimum Gasteiger partial charge on any atom is -0.462 e. The highest BCUT2D eigenvalue weighted by atomic mass is 35.5. The van der Waals surface area contributed by atoms with E-state index in [9.17, 15) is 4.79 Å². The van der Waals surface area contributed by atoms with Crippen molar-refractivity contribution in [1.29, 1.82) is 0 Å². The van der Waals surface area contributed by atoms with Crippen molar-refractivity contribution in [3.8, 4) is 0 Å². The van der Waals surface area contributed by atoms with Crippen LogP contribution in [-0.2, 0) is 4.74 Å². The smallest absolute Gasteiger partial charge is 0.339 e. The topological polar surface area (TPSA) is 64.1 Å². The number of aromatic nitrogens is 2. The summed E-state index contributed by atoms with van der Waals surface area (Å²) in [5, 5.41) is 6.21. The Morgan fingerprint density at radius 3 is 2.88 bits per heavy atom. The number of anilines is 2. The van der Waals surface area contributed by atoms with Crippen LogP contribution in [0.4, 0.5) is 11.5 Å². The van der Waals surface area contributed by atoms with Crippen LogP contribution in [0.3, 0.4) is 0 Å². The Morgan fingerprint density at radius 1 is 1.33 bits per heavy atom. The first-order valence-electron chi connectivity index (χ1n) is 7.15. The maximum atomic E-state index is 12.2. The second-order valence-electron chi connectivity index (χ2n) is 4.93. The van der Waals surface area contributed by atoms with Crippen molar-refractivity contribution in [3.05, 3.63) is 45.0 Å². The molecule has 0 saturated carbocycles. The predicted molar refractivity (Wildman–Crippen MR) is 97.9 cm³/mol. The van der Waals surface area contributed by atoms with Gasteiger partial charge >= 0.3 is 5.97 Å². The van der Waals surface area contributed by atoms with E-state index < -0.39 is 5.97 Å². The van der Waals surface area contributed by atoms with Crippen molar-refractivity contribution in [3.63, 3.8) is 0 Å². The minimum atomic E-state index is -0.416. The molecule has 0 atom stereocenters. The molecule has 24 heavy (non-hydrogen) atoms. The van der Waals surface area contributed by atoms with Crippen molar-refractivity contribution in [2.75, 3.05) is 11.9 Å². The van der Waals surface area contributed by atoms with Gasteiger partial charge in [0.05, 0.1) is 17.6 Å². The van der Waals surface area contributed by atoms with Gasteiger partial charge in [-0.2, -0.15) is 4.98 Å². The van der Waals surface area contributed by atoms with E-state index in [1.165, 1.54) is 11.3 Å². The first-order chi connectivity index (χ1) is 11.5. The zero-order chi connectivity index (χ0) is 17.3. The molecule has 0 unspecified atom stereocenters. The number of nitrogens with one attached hydrogen (secondary N) is 1. The van der Waals surface area contributed by atoms with Crippen LogP contribution in [0.15, 0.2) is 23.6 Å². The molecule has 1 aromatic carbocycles. The number of carbonyl (C=O) groups excluding carboxylic acids is 1. The van der Waals surface area contributed by atoms with Gasteiger partial charge in [-0.3, -0.25) is 0 Å². The summed E-state index contributed by atoms with van der Waals surface area (Å²) in [5.74, 6) is 0.0280. The highest BCUT2D eigenvalue weighted by molar-refractivity contribution is 7.17. The van der Waals surface area contributed by atoms with E-state index in [1.807, 2.05) is 19.1 Å². The van der Waals surface area contributed by atoms with Crippen molar-refractivity contribution >= 4 is 62.2 Å². The van der Waals surface area contributed by atoms with Crippen molar-refractivity contribution in [1.82, 2.24) is 9.97 Å². The lowest BCUT2D eigenvalue weighted by Gasteiger charge is -2.12. The van der Waals surface area contributed by atoms with Crippen molar-refractivity contribution in [2.24, 2.45) is 0 Å². The number of esters is 1. The molecule has 2 heterocycles. The zero-order valence-corrected chi connectivity index (χ0v) is 15.2. The van der Waals surface area contributed by atoms with Gasteiger partial charge in [0.25, 0.3) is 0 Å². The number of nitrogens with zero attached hydrogens (tertiary/aromatic N) is 2. The fourth-order valence-corrected chi connectivity index (χ4v) is 3.54. The summed E-state index contributed by atoms with van der Waals surface area (Å²) in [4.78, 5) is 21.2. The van der Waals surface area contributed by atoms with Gasteiger partial charge in [0.15, 0.2) is 0 Å². The van der Waals surface area contributed by atoms with E-state index >= 15 is 0 Å². The fraction of sp³-hybridized carbons (Fsp3) is 0.188. The van der Waals surface area contributed by atoms with Gasteiger partial charge in [-0.1, -0.05) is 17.7 Å². The van der Waals surface area contributed by atoms with Crippen LogP contribution in [0.5, 0.6) is 0 Å².